The van der Waals surface area contributed by atoms with Crippen LogP contribution in [0.25, 0.3) is 10.9 Å². The minimum atomic E-state index is -1.07. The van der Waals surface area contributed by atoms with Crippen LogP contribution in [-0.4, -0.2) is 69.9 Å². The average Bonchev–Trinajstić information content (AvgIpc) is 3.00. The normalized spacial score (nSPS) is 14.6. The molecule has 1 amide bonds. The lowest BCUT2D eigenvalue weighted by Gasteiger charge is -2.47. The van der Waals surface area contributed by atoms with Crippen molar-refractivity contribution in [2.45, 2.75) is 37.2 Å². The van der Waals surface area contributed by atoms with Crippen LogP contribution in [0, 0.1) is 0 Å². The number of rotatable bonds is 14. The predicted octanol–water partition coefficient (Wildman–Crippen LogP) is 3.97. The fourth-order valence-electron chi connectivity index (χ4n) is 5.62. The number of nitrogens with one attached hydrogen (secondary N) is 2. The average molecular weight is 600 g/mol. The van der Waals surface area contributed by atoms with E-state index in [-0.39, 0.29) is 30.3 Å². The van der Waals surface area contributed by atoms with Crippen LogP contribution in [0.4, 0.5) is 0 Å². The largest absolute Gasteiger partial charge is 0.506 e. The molecule has 5 rings (SSSR count). The maximum absolute atomic E-state index is 12.9. The summed E-state index contributed by atoms with van der Waals surface area (Å²) in [5.41, 5.74) is 0.779. The molecule has 0 aliphatic carbocycles. The number of carboxylic acids is 1. The third-order valence-electron chi connectivity index (χ3n) is 8.17. The number of pyridine rings is 1. The number of fused-ring (bicyclic) bond motifs is 1. The Morgan fingerprint density at radius 1 is 0.932 bits per heavy atom. The molecule has 10 heteroatoms. The number of hydrogen-bond donors (Lipinski definition) is 5. The van der Waals surface area contributed by atoms with E-state index in [1.54, 1.807) is 53.4 Å². The van der Waals surface area contributed by atoms with Crippen LogP contribution in [0.5, 0.6) is 11.5 Å². The summed E-state index contributed by atoms with van der Waals surface area (Å²) < 4.78 is 5.83. The number of amides is 1. The monoisotopic (exact) mass is 599 g/mol. The summed E-state index contributed by atoms with van der Waals surface area (Å²) in [7, 11) is 0. The number of ether oxygens (including phenoxy) is 1. The highest BCUT2D eigenvalue weighted by atomic mass is 16.5. The molecule has 0 unspecified atom stereocenters. The molecule has 1 fully saturated rings. The Hall–Kier alpha value is -4.67. The minimum Gasteiger partial charge on any atom is -0.506 e. The van der Waals surface area contributed by atoms with Crippen molar-refractivity contribution in [2.75, 3.05) is 32.8 Å². The number of benzene rings is 3. The van der Waals surface area contributed by atoms with Crippen LogP contribution in [0.1, 0.15) is 53.3 Å². The number of nitrogens with zero attached hydrogens (tertiary/aromatic N) is 1. The van der Waals surface area contributed by atoms with E-state index in [0.29, 0.717) is 46.5 Å². The van der Waals surface area contributed by atoms with Crippen LogP contribution in [-0.2, 0) is 10.2 Å². The van der Waals surface area contributed by atoms with E-state index in [0.717, 1.165) is 32.2 Å². The molecule has 1 atom stereocenters. The minimum absolute atomic E-state index is 0.0330. The van der Waals surface area contributed by atoms with Gasteiger partial charge in [-0.3, -0.25) is 14.4 Å². The summed E-state index contributed by atoms with van der Waals surface area (Å²) in [6, 6.07) is 22.1. The van der Waals surface area contributed by atoms with Gasteiger partial charge in [-0.15, -0.1) is 0 Å². The number of unbranched alkanes of at least 4 members (excludes halogenated alkanes) is 3. The van der Waals surface area contributed by atoms with Crippen molar-refractivity contribution in [2.24, 2.45) is 0 Å². The molecule has 230 valence electrons. The summed E-state index contributed by atoms with van der Waals surface area (Å²) >= 11 is 0. The molecule has 1 aliphatic rings. The first-order valence-electron chi connectivity index (χ1n) is 14.8. The molecule has 0 radical (unpaired) electrons. The zero-order valence-corrected chi connectivity index (χ0v) is 24.4. The van der Waals surface area contributed by atoms with E-state index in [1.165, 1.54) is 12.1 Å². The Kier molecular flexibility index (Phi) is 9.62. The number of hydrogen-bond acceptors (Lipinski definition) is 7. The number of aromatic amines is 1. The second kappa shape index (κ2) is 13.7. The lowest BCUT2D eigenvalue weighted by molar-refractivity contribution is -0.149. The summed E-state index contributed by atoms with van der Waals surface area (Å²) in [4.78, 5) is 40.7. The van der Waals surface area contributed by atoms with Crippen molar-refractivity contribution in [3.8, 4) is 11.5 Å². The third kappa shape index (κ3) is 6.77. The molecule has 1 aromatic heterocycles. The molecule has 3 aromatic carbocycles. The van der Waals surface area contributed by atoms with Gasteiger partial charge in [0.1, 0.15) is 16.9 Å². The lowest BCUT2D eigenvalue weighted by atomic mass is 9.73. The molecule has 0 saturated carbocycles. The Morgan fingerprint density at radius 3 is 2.39 bits per heavy atom. The quantitative estimate of drug-likeness (QED) is 0.137. The Morgan fingerprint density at radius 2 is 1.66 bits per heavy atom. The van der Waals surface area contributed by atoms with Gasteiger partial charge in [-0.2, -0.15) is 0 Å². The highest BCUT2D eigenvalue weighted by Gasteiger charge is 2.52. The molecule has 2 heterocycles. The number of carbonyl (C=O) groups is 2. The van der Waals surface area contributed by atoms with E-state index >= 15 is 0 Å². The van der Waals surface area contributed by atoms with Crippen LogP contribution in [0.3, 0.4) is 0 Å². The van der Waals surface area contributed by atoms with Gasteiger partial charge in [0.2, 0.25) is 5.56 Å². The van der Waals surface area contributed by atoms with Crippen molar-refractivity contribution >= 4 is 22.8 Å². The maximum atomic E-state index is 12.9. The molecule has 4 aromatic rings. The number of carboxylic acid groups (broad SMARTS) is 1. The Bertz CT molecular complexity index is 1650. The first kappa shape index (κ1) is 30.8. The van der Waals surface area contributed by atoms with Gasteiger partial charge in [0.25, 0.3) is 5.91 Å². The van der Waals surface area contributed by atoms with Gasteiger partial charge in [0, 0.05) is 36.7 Å². The molecule has 1 saturated heterocycles. The van der Waals surface area contributed by atoms with E-state index in [2.05, 4.69) is 10.3 Å². The summed E-state index contributed by atoms with van der Waals surface area (Å²) in [5, 5.41) is 34.4. The smallest absolute Gasteiger partial charge is 0.317 e. The molecule has 1 aliphatic heterocycles. The topological polar surface area (TPSA) is 152 Å². The Balaban J connectivity index is 0.969. The summed E-state index contributed by atoms with van der Waals surface area (Å²) in [5.74, 6) is -0.477. The summed E-state index contributed by atoms with van der Waals surface area (Å²) in [6.45, 7) is 1.93. The van der Waals surface area contributed by atoms with Gasteiger partial charge < -0.3 is 35.3 Å². The van der Waals surface area contributed by atoms with Gasteiger partial charge >= 0.3 is 5.97 Å². The second-order valence-corrected chi connectivity index (χ2v) is 11.2. The van der Waals surface area contributed by atoms with Gasteiger partial charge in [0.05, 0.1) is 18.2 Å². The highest BCUT2D eigenvalue weighted by molar-refractivity contribution is 5.97. The van der Waals surface area contributed by atoms with Crippen molar-refractivity contribution in [1.29, 1.82) is 0 Å². The van der Waals surface area contributed by atoms with Crippen molar-refractivity contribution < 1.29 is 29.6 Å². The SMILES string of the molecule is O=C(c1ccc(OCCCCCCNC[C@H](O)c2ccc(O)c3[nH]c(=O)ccc23)cc1)N1CC(C(=O)O)(c2ccccc2)C1. The first-order chi connectivity index (χ1) is 21.3. The van der Waals surface area contributed by atoms with Gasteiger partial charge in [-0.25, -0.2) is 0 Å². The molecule has 0 spiro atoms. The molecule has 5 N–H and O–H groups in total. The van der Waals surface area contributed by atoms with Crippen LogP contribution in [0.2, 0.25) is 0 Å². The lowest BCUT2D eigenvalue weighted by Crippen LogP contribution is -2.65. The van der Waals surface area contributed by atoms with Crippen molar-refractivity contribution in [3.63, 3.8) is 0 Å². The third-order valence-corrected chi connectivity index (χ3v) is 8.17. The number of phenolic OH excluding ortho intramolecular Hbond substituents is 1. The van der Waals surface area contributed by atoms with Gasteiger partial charge in [0.15, 0.2) is 0 Å². The zero-order valence-electron chi connectivity index (χ0n) is 24.4. The molecule has 0 bridgehead atoms. The number of aromatic nitrogens is 1. The molecular weight excluding hydrogens is 562 g/mol. The highest BCUT2D eigenvalue weighted by Crippen LogP contribution is 2.36. The fourth-order valence-corrected chi connectivity index (χ4v) is 5.62. The van der Waals surface area contributed by atoms with Gasteiger partial charge in [-0.1, -0.05) is 49.2 Å². The van der Waals surface area contributed by atoms with E-state index in [9.17, 15) is 29.7 Å². The number of aliphatic hydroxyl groups excluding tert-OH is 1. The number of carbonyl (C=O) groups excluding carboxylic acids is 1. The fraction of sp³-hybridized carbons (Fsp3) is 0.324. The second-order valence-electron chi connectivity index (χ2n) is 11.2. The number of aliphatic hydroxyl groups is 1. The zero-order chi connectivity index (χ0) is 31.1. The summed E-state index contributed by atoms with van der Waals surface area (Å²) in [6.07, 6.45) is 3.03. The predicted molar refractivity (Wildman–Crippen MR) is 166 cm³/mol. The molecule has 44 heavy (non-hydrogen) atoms. The molecular formula is C34H37N3O7. The van der Waals surface area contributed by atoms with E-state index in [1.807, 2.05) is 18.2 Å². The maximum Gasteiger partial charge on any atom is 0.317 e. The van der Waals surface area contributed by atoms with Crippen LogP contribution >= 0.6 is 0 Å². The first-order valence-corrected chi connectivity index (χ1v) is 14.8. The van der Waals surface area contributed by atoms with Gasteiger partial charge in [-0.05, 0) is 66.9 Å². The van der Waals surface area contributed by atoms with Crippen molar-refractivity contribution in [1.82, 2.24) is 15.2 Å². The number of likely N-dealkylation sites (tertiary alicyclic amines) is 1. The molecule has 10 nitrogen and oxygen atoms in total. The van der Waals surface area contributed by atoms with Crippen LogP contribution < -0.4 is 15.6 Å². The van der Waals surface area contributed by atoms with E-state index in [4.69, 9.17) is 4.74 Å². The van der Waals surface area contributed by atoms with Crippen LogP contribution in [0.15, 0.2) is 83.7 Å². The number of aliphatic carboxylic acids is 1. The number of H-pyrrole nitrogens is 1. The number of aromatic hydroxyl groups is 1. The standard InChI is InChI=1S/C34H37N3O7/c38-28-16-14-26(27-15-17-30(40)36-31(27)28)29(39)20-35-18-6-1-2-7-19-44-25-12-10-23(11-13-25)32(41)37-21-34(22-37,33(42)43)24-8-4-3-5-9-24/h3-5,8-17,29,35,38-39H,1-2,6-7,18-22H2,(H,36,40)(H,42,43)/t29-/m0/s1. The van der Waals surface area contributed by atoms with Crippen molar-refractivity contribution in [3.05, 3.63) is 106 Å². The Labute approximate surface area is 254 Å². The van der Waals surface area contributed by atoms with E-state index < -0.39 is 17.5 Å². The number of phenols is 1.